The van der Waals surface area contributed by atoms with E-state index in [1.165, 1.54) is 4.90 Å². The summed E-state index contributed by atoms with van der Waals surface area (Å²) in [5, 5.41) is 12.1. The van der Waals surface area contributed by atoms with Gasteiger partial charge in [-0.25, -0.2) is 4.98 Å². The molecule has 0 fully saturated rings. The van der Waals surface area contributed by atoms with Gasteiger partial charge in [0.05, 0.1) is 5.56 Å². The predicted molar refractivity (Wildman–Crippen MR) is 70.5 cm³/mol. The van der Waals surface area contributed by atoms with E-state index in [1.54, 1.807) is 30.1 Å². The Morgan fingerprint density at radius 3 is 2.94 bits per heavy atom. The Balaban J connectivity index is 2.28. The minimum Gasteiger partial charge on any atom is -0.339 e. The third kappa shape index (κ3) is 2.77. The minimum absolute atomic E-state index is 0.544. The SMILES string of the molecule is CSc1cccc(Nc2ncccc2C#N)c1. The molecular weight excluding hydrogens is 230 g/mol. The van der Waals surface area contributed by atoms with Crippen molar-refractivity contribution in [1.29, 1.82) is 5.26 Å². The largest absolute Gasteiger partial charge is 0.339 e. The number of pyridine rings is 1. The molecule has 0 amide bonds. The summed E-state index contributed by atoms with van der Waals surface area (Å²) < 4.78 is 0. The molecule has 0 atom stereocenters. The summed E-state index contributed by atoms with van der Waals surface area (Å²) in [7, 11) is 0. The van der Waals surface area contributed by atoms with Crippen molar-refractivity contribution in [2.24, 2.45) is 0 Å². The Kier molecular flexibility index (Phi) is 3.63. The van der Waals surface area contributed by atoms with E-state index in [4.69, 9.17) is 5.26 Å². The van der Waals surface area contributed by atoms with Crippen molar-refractivity contribution in [3.63, 3.8) is 0 Å². The number of anilines is 2. The van der Waals surface area contributed by atoms with Gasteiger partial charge in [0.2, 0.25) is 0 Å². The summed E-state index contributed by atoms with van der Waals surface area (Å²) in [4.78, 5) is 5.33. The zero-order chi connectivity index (χ0) is 12.1. The molecule has 0 aliphatic rings. The average Bonchev–Trinajstić information content (AvgIpc) is 2.39. The summed E-state index contributed by atoms with van der Waals surface area (Å²) in [6.07, 6.45) is 3.70. The maximum Gasteiger partial charge on any atom is 0.148 e. The van der Waals surface area contributed by atoms with Crippen LogP contribution in [0.25, 0.3) is 0 Å². The quantitative estimate of drug-likeness (QED) is 0.836. The number of nitriles is 1. The van der Waals surface area contributed by atoms with Gasteiger partial charge in [0.25, 0.3) is 0 Å². The van der Waals surface area contributed by atoms with Crippen LogP contribution in [-0.4, -0.2) is 11.2 Å². The standard InChI is InChI=1S/C13H11N3S/c1-17-12-6-2-5-11(8-12)16-13-10(9-14)4-3-7-15-13/h2-8H,1H3,(H,15,16). The van der Waals surface area contributed by atoms with Gasteiger partial charge in [-0.3, -0.25) is 0 Å². The van der Waals surface area contributed by atoms with E-state index in [9.17, 15) is 0 Å². The molecule has 1 heterocycles. The summed E-state index contributed by atoms with van der Waals surface area (Å²) in [6, 6.07) is 13.6. The van der Waals surface area contributed by atoms with E-state index >= 15 is 0 Å². The van der Waals surface area contributed by atoms with Crippen molar-refractivity contribution in [2.45, 2.75) is 4.90 Å². The van der Waals surface area contributed by atoms with E-state index in [2.05, 4.69) is 16.4 Å². The molecule has 2 aromatic rings. The highest BCUT2D eigenvalue weighted by Crippen LogP contribution is 2.22. The first-order valence-corrected chi connectivity index (χ1v) is 6.32. The van der Waals surface area contributed by atoms with Crippen LogP contribution in [0.5, 0.6) is 0 Å². The number of rotatable bonds is 3. The van der Waals surface area contributed by atoms with Gasteiger partial charge in [-0.15, -0.1) is 11.8 Å². The third-order valence-electron chi connectivity index (χ3n) is 2.26. The van der Waals surface area contributed by atoms with Crippen molar-refractivity contribution >= 4 is 23.3 Å². The molecule has 0 radical (unpaired) electrons. The molecule has 0 saturated heterocycles. The Labute approximate surface area is 105 Å². The number of hydrogen-bond donors (Lipinski definition) is 1. The second-order valence-electron chi connectivity index (χ2n) is 3.37. The Morgan fingerprint density at radius 1 is 1.29 bits per heavy atom. The molecule has 84 valence electrons. The molecule has 1 N–H and O–H groups in total. The van der Waals surface area contributed by atoms with Crippen molar-refractivity contribution in [1.82, 2.24) is 4.98 Å². The molecule has 17 heavy (non-hydrogen) atoms. The topological polar surface area (TPSA) is 48.7 Å². The lowest BCUT2D eigenvalue weighted by Gasteiger charge is -2.07. The van der Waals surface area contributed by atoms with Crippen LogP contribution in [0.4, 0.5) is 11.5 Å². The van der Waals surface area contributed by atoms with E-state index in [-0.39, 0.29) is 0 Å². The molecule has 0 aliphatic carbocycles. The van der Waals surface area contributed by atoms with E-state index in [0.29, 0.717) is 11.4 Å². The second kappa shape index (κ2) is 5.37. The number of nitrogens with zero attached hydrogens (tertiary/aromatic N) is 2. The van der Waals surface area contributed by atoms with Crippen LogP contribution in [0.15, 0.2) is 47.5 Å². The predicted octanol–water partition coefficient (Wildman–Crippen LogP) is 3.42. The number of aromatic nitrogens is 1. The molecule has 1 aromatic heterocycles. The van der Waals surface area contributed by atoms with Crippen LogP contribution in [0.3, 0.4) is 0 Å². The number of nitrogens with one attached hydrogen (secondary N) is 1. The van der Waals surface area contributed by atoms with Crippen LogP contribution >= 0.6 is 11.8 Å². The summed E-state index contributed by atoms with van der Waals surface area (Å²) >= 11 is 1.68. The normalized spacial score (nSPS) is 9.65. The monoisotopic (exact) mass is 241 g/mol. The molecule has 3 nitrogen and oxygen atoms in total. The Morgan fingerprint density at radius 2 is 2.18 bits per heavy atom. The first kappa shape index (κ1) is 11.5. The van der Waals surface area contributed by atoms with E-state index in [1.807, 2.05) is 30.5 Å². The third-order valence-corrected chi connectivity index (χ3v) is 2.99. The van der Waals surface area contributed by atoms with Crippen molar-refractivity contribution in [3.8, 4) is 6.07 Å². The Bertz CT molecular complexity index is 561. The maximum absolute atomic E-state index is 8.96. The number of benzene rings is 1. The lowest BCUT2D eigenvalue weighted by Crippen LogP contribution is -1.96. The van der Waals surface area contributed by atoms with Crippen LogP contribution in [0.1, 0.15) is 5.56 Å². The lowest BCUT2D eigenvalue weighted by atomic mass is 10.2. The van der Waals surface area contributed by atoms with Gasteiger partial charge in [-0.05, 0) is 36.6 Å². The van der Waals surface area contributed by atoms with Crippen LogP contribution in [0, 0.1) is 11.3 Å². The van der Waals surface area contributed by atoms with Crippen molar-refractivity contribution < 1.29 is 0 Å². The van der Waals surface area contributed by atoms with Gasteiger partial charge >= 0.3 is 0 Å². The van der Waals surface area contributed by atoms with Crippen molar-refractivity contribution in [2.75, 3.05) is 11.6 Å². The number of thioether (sulfide) groups is 1. The van der Waals surface area contributed by atoms with Gasteiger partial charge in [0.1, 0.15) is 11.9 Å². The van der Waals surface area contributed by atoms with Crippen LogP contribution in [-0.2, 0) is 0 Å². The highest BCUT2D eigenvalue weighted by Gasteiger charge is 2.02. The van der Waals surface area contributed by atoms with E-state index < -0.39 is 0 Å². The zero-order valence-corrected chi connectivity index (χ0v) is 10.2. The molecule has 1 aromatic carbocycles. The average molecular weight is 241 g/mol. The Hall–Kier alpha value is -1.99. The summed E-state index contributed by atoms with van der Waals surface area (Å²) in [5.41, 5.74) is 1.48. The molecule has 0 bridgehead atoms. The first-order chi connectivity index (χ1) is 8.33. The fourth-order valence-electron chi connectivity index (χ4n) is 1.43. The summed E-state index contributed by atoms with van der Waals surface area (Å²) in [5.74, 6) is 0.591. The number of hydrogen-bond acceptors (Lipinski definition) is 4. The van der Waals surface area contributed by atoms with Crippen LogP contribution < -0.4 is 5.32 Å². The second-order valence-corrected chi connectivity index (χ2v) is 4.25. The smallest absolute Gasteiger partial charge is 0.148 e. The van der Waals surface area contributed by atoms with Gasteiger partial charge in [0, 0.05) is 16.8 Å². The zero-order valence-electron chi connectivity index (χ0n) is 9.34. The minimum atomic E-state index is 0.544. The van der Waals surface area contributed by atoms with Crippen molar-refractivity contribution in [3.05, 3.63) is 48.2 Å². The molecule has 0 spiro atoms. The van der Waals surface area contributed by atoms with Crippen LogP contribution in [0.2, 0.25) is 0 Å². The van der Waals surface area contributed by atoms with E-state index in [0.717, 1.165) is 5.69 Å². The molecule has 0 unspecified atom stereocenters. The van der Waals surface area contributed by atoms with Gasteiger partial charge in [0.15, 0.2) is 0 Å². The molecular formula is C13H11N3S. The fraction of sp³-hybridized carbons (Fsp3) is 0.0769. The summed E-state index contributed by atoms with van der Waals surface area (Å²) in [6.45, 7) is 0. The van der Waals surface area contributed by atoms with Gasteiger partial charge in [-0.1, -0.05) is 6.07 Å². The molecule has 0 saturated carbocycles. The lowest BCUT2D eigenvalue weighted by molar-refractivity contribution is 1.28. The molecule has 2 rings (SSSR count). The first-order valence-electron chi connectivity index (χ1n) is 5.09. The maximum atomic E-state index is 8.96. The van der Waals surface area contributed by atoms with Gasteiger partial charge in [-0.2, -0.15) is 5.26 Å². The van der Waals surface area contributed by atoms with Gasteiger partial charge < -0.3 is 5.32 Å². The molecule has 0 aliphatic heterocycles. The molecule has 4 heteroatoms. The highest BCUT2D eigenvalue weighted by atomic mass is 32.2. The highest BCUT2D eigenvalue weighted by molar-refractivity contribution is 7.98. The fourth-order valence-corrected chi connectivity index (χ4v) is 1.89.